The molecule has 0 saturated carbocycles. The van der Waals surface area contributed by atoms with Crippen LogP contribution >= 0.6 is 0 Å². The van der Waals surface area contributed by atoms with Crippen LogP contribution in [0.4, 0.5) is 0 Å². The van der Waals surface area contributed by atoms with Crippen molar-refractivity contribution in [1.29, 1.82) is 0 Å². The Bertz CT molecular complexity index is 330. The van der Waals surface area contributed by atoms with Gasteiger partial charge in [-0.05, 0) is 0 Å². The maximum absolute atomic E-state index is 10.7. The standard InChI is InChI=1S/C6H8O6/c7-1-2(8)5-3(9)4(10)6(11)12-5/h2,5,7-10H,1H2/t2?,5-/m1/s1/i1D2,2D. The van der Waals surface area contributed by atoms with Crippen LogP contribution in [0.15, 0.2) is 11.5 Å². The average Bonchev–Trinajstić information content (AvgIpc) is 2.31. The third-order valence-corrected chi connectivity index (χ3v) is 1.27. The molecule has 0 aromatic carbocycles. The minimum Gasteiger partial charge on any atom is -0.505 e. The van der Waals surface area contributed by atoms with E-state index >= 15 is 0 Å². The Balaban J connectivity index is 3.08. The number of esters is 1. The molecule has 0 amide bonds. The number of cyclic esters (lactones) is 1. The van der Waals surface area contributed by atoms with Crippen LogP contribution in [-0.4, -0.2) is 45.1 Å². The van der Waals surface area contributed by atoms with Crippen LogP contribution < -0.4 is 0 Å². The van der Waals surface area contributed by atoms with Gasteiger partial charge in [0.25, 0.3) is 0 Å². The summed E-state index contributed by atoms with van der Waals surface area (Å²) in [5.74, 6) is -3.84. The lowest BCUT2D eigenvalue weighted by Crippen LogP contribution is -2.31. The van der Waals surface area contributed by atoms with Gasteiger partial charge >= 0.3 is 5.97 Å². The van der Waals surface area contributed by atoms with Gasteiger partial charge in [0.15, 0.2) is 11.9 Å². The van der Waals surface area contributed by atoms with Crippen molar-refractivity contribution in [3.8, 4) is 0 Å². The molecule has 0 bridgehead atoms. The zero-order valence-corrected chi connectivity index (χ0v) is 5.68. The smallest absolute Gasteiger partial charge is 0.377 e. The van der Waals surface area contributed by atoms with E-state index in [0.29, 0.717) is 0 Å². The number of rotatable bonds is 2. The Labute approximate surface area is 71.5 Å². The van der Waals surface area contributed by atoms with E-state index in [1.807, 2.05) is 0 Å². The van der Waals surface area contributed by atoms with E-state index in [4.69, 9.17) is 19.4 Å². The van der Waals surface area contributed by atoms with Gasteiger partial charge in [0.1, 0.15) is 6.08 Å². The molecule has 0 saturated heterocycles. The molecule has 1 aliphatic heterocycles. The van der Waals surface area contributed by atoms with Gasteiger partial charge in [0, 0.05) is 0 Å². The Morgan fingerprint density at radius 1 is 1.75 bits per heavy atom. The van der Waals surface area contributed by atoms with Crippen molar-refractivity contribution in [1.82, 2.24) is 0 Å². The highest BCUT2D eigenvalue weighted by Crippen LogP contribution is 2.20. The molecule has 0 fully saturated rings. The molecule has 12 heavy (non-hydrogen) atoms. The topological polar surface area (TPSA) is 107 Å². The zero-order valence-electron chi connectivity index (χ0n) is 8.68. The van der Waals surface area contributed by atoms with E-state index in [1.54, 1.807) is 0 Å². The molecule has 0 radical (unpaired) electrons. The monoisotopic (exact) mass is 179 g/mol. The van der Waals surface area contributed by atoms with Gasteiger partial charge in [-0.15, -0.1) is 0 Å². The van der Waals surface area contributed by atoms with Crippen LogP contribution in [0.5, 0.6) is 0 Å². The molecule has 0 aromatic rings. The number of aliphatic hydroxyl groups is 4. The maximum atomic E-state index is 10.7. The maximum Gasteiger partial charge on any atom is 0.377 e. The number of hydrogen-bond acceptors (Lipinski definition) is 6. The van der Waals surface area contributed by atoms with Crippen molar-refractivity contribution in [2.24, 2.45) is 0 Å². The normalized spacial score (nSPS) is 33.3. The summed E-state index contributed by atoms with van der Waals surface area (Å²) in [5.41, 5.74) is 0. The highest BCUT2D eigenvalue weighted by molar-refractivity contribution is 5.89. The molecule has 0 spiro atoms. The van der Waals surface area contributed by atoms with E-state index < -0.39 is 36.2 Å². The van der Waals surface area contributed by atoms with Crippen LogP contribution in [0.3, 0.4) is 0 Å². The summed E-state index contributed by atoms with van der Waals surface area (Å²) in [6.45, 7) is -3.45. The molecular weight excluding hydrogens is 168 g/mol. The molecule has 1 aliphatic rings. The largest absolute Gasteiger partial charge is 0.505 e. The summed E-state index contributed by atoms with van der Waals surface area (Å²) < 4.78 is 24.6. The fourth-order valence-electron chi connectivity index (χ4n) is 0.691. The Morgan fingerprint density at radius 2 is 2.33 bits per heavy atom. The Kier molecular flexibility index (Phi) is 1.35. The van der Waals surface area contributed by atoms with E-state index in [2.05, 4.69) is 4.74 Å². The number of aliphatic hydroxyl groups excluding tert-OH is 2. The van der Waals surface area contributed by atoms with Gasteiger partial charge in [-0.2, -0.15) is 0 Å². The molecule has 6 heteroatoms. The molecule has 68 valence electrons. The van der Waals surface area contributed by atoms with Crippen LogP contribution in [0, 0.1) is 0 Å². The van der Waals surface area contributed by atoms with Crippen LogP contribution in [0.1, 0.15) is 4.11 Å². The first-order valence-electron chi connectivity index (χ1n) is 4.37. The second kappa shape index (κ2) is 3.00. The van der Waals surface area contributed by atoms with Gasteiger partial charge in [0.2, 0.25) is 5.76 Å². The first-order chi connectivity index (χ1) is 6.59. The lowest BCUT2D eigenvalue weighted by Gasteiger charge is -2.13. The van der Waals surface area contributed by atoms with Crippen LogP contribution in [0.2, 0.25) is 0 Å². The van der Waals surface area contributed by atoms with Gasteiger partial charge in [-0.1, -0.05) is 0 Å². The minimum atomic E-state index is -3.45. The lowest BCUT2D eigenvalue weighted by molar-refractivity contribution is -0.147. The second-order valence-corrected chi connectivity index (χ2v) is 2.02. The average molecular weight is 179 g/mol. The van der Waals surface area contributed by atoms with E-state index in [1.165, 1.54) is 0 Å². The summed E-state index contributed by atoms with van der Waals surface area (Å²) in [6.07, 6.45) is -5.50. The first-order valence-corrected chi connectivity index (χ1v) is 2.87. The quantitative estimate of drug-likeness (QED) is 0.388. The van der Waals surface area contributed by atoms with Gasteiger partial charge in [-0.3, -0.25) is 0 Å². The molecule has 1 rings (SSSR count). The lowest BCUT2D eigenvalue weighted by atomic mass is 10.2. The second-order valence-electron chi connectivity index (χ2n) is 2.02. The van der Waals surface area contributed by atoms with Crippen molar-refractivity contribution in [2.75, 3.05) is 6.56 Å². The number of carbonyl (C=O) groups is 1. The summed E-state index contributed by atoms with van der Waals surface area (Å²) >= 11 is 0. The van der Waals surface area contributed by atoms with E-state index in [0.717, 1.165) is 0 Å². The third-order valence-electron chi connectivity index (χ3n) is 1.27. The van der Waals surface area contributed by atoms with Gasteiger partial charge in [0.05, 0.1) is 10.7 Å². The van der Waals surface area contributed by atoms with Crippen molar-refractivity contribution < 1.29 is 34.1 Å². The highest BCUT2D eigenvalue weighted by atomic mass is 16.6. The molecule has 4 N–H and O–H groups in total. The van der Waals surface area contributed by atoms with Crippen molar-refractivity contribution >= 4 is 5.97 Å². The summed E-state index contributed by atoms with van der Waals surface area (Å²) in [7, 11) is 0. The highest BCUT2D eigenvalue weighted by Gasteiger charge is 2.38. The molecule has 0 aromatic heterocycles. The molecule has 2 atom stereocenters. The molecule has 1 heterocycles. The van der Waals surface area contributed by atoms with Crippen LogP contribution in [0.25, 0.3) is 0 Å². The molecule has 0 aliphatic carbocycles. The summed E-state index contributed by atoms with van der Waals surface area (Å²) in [5, 5.41) is 35.9. The molecule has 6 nitrogen and oxygen atoms in total. The zero-order chi connectivity index (χ0) is 12.0. The number of ether oxygens (including phenoxy) is 1. The molecule has 1 unspecified atom stereocenters. The summed E-state index contributed by atoms with van der Waals surface area (Å²) in [4.78, 5) is 10.7. The van der Waals surface area contributed by atoms with E-state index in [9.17, 15) is 9.90 Å². The fourth-order valence-corrected chi connectivity index (χ4v) is 0.691. The first kappa shape index (κ1) is 5.39. The minimum absolute atomic E-state index is 1.20. The fraction of sp³-hybridized carbons (Fsp3) is 0.500. The SMILES string of the molecule is [2H]C([2H])(O)C([2H])(O)[C@H]1OC(=O)C(O)=C1O. The van der Waals surface area contributed by atoms with Gasteiger partial charge < -0.3 is 25.2 Å². The predicted molar refractivity (Wildman–Crippen MR) is 35.3 cm³/mol. The summed E-state index contributed by atoms with van der Waals surface area (Å²) in [6, 6.07) is 0. The number of hydrogen-bond donors (Lipinski definition) is 4. The molecular formula is C6H8O6. The number of carbonyl (C=O) groups excluding carboxylic acids is 1. The van der Waals surface area contributed by atoms with E-state index in [-0.39, 0.29) is 0 Å². The van der Waals surface area contributed by atoms with Gasteiger partial charge in [-0.25, -0.2) is 4.79 Å². The van der Waals surface area contributed by atoms with Crippen molar-refractivity contribution in [3.05, 3.63) is 11.5 Å². The Morgan fingerprint density at radius 3 is 2.67 bits per heavy atom. The third kappa shape index (κ3) is 1.21. The van der Waals surface area contributed by atoms with Crippen molar-refractivity contribution in [2.45, 2.75) is 12.2 Å². The van der Waals surface area contributed by atoms with Crippen LogP contribution in [-0.2, 0) is 9.53 Å². The Hall–Kier alpha value is -1.27. The van der Waals surface area contributed by atoms with Crippen molar-refractivity contribution in [3.63, 3.8) is 0 Å². The predicted octanol–water partition coefficient (Wildman–Crippen LogP) is -1.41.